The molecule has 0 aliphatic carbocycles. The summed E-state index contributed by atoms with van der Waals surface area (Å²) in [6, 6.07) is 32.1. The van der Waals surface area contributed by atoms with Crippen molar-refractivity contribution < 1.29 is 15.4 Å². The molecule has 0 unspecified atom stereocenters. The molecule has 0 N–H and O–H groups in total. The van der Waals surface area contributed by atoms with Gasteiger partial charge in [-0.15, -0.1) is 0 Å². The molecule has 45 heavy (non-hydrogen) atoms. The SMILES string of the molecule is [2H]c1c([2H])c([2H])c2c(-c3cccc4oc5cc6ccccc6cc5c34)c3c([2H])c([2H])c([2H])c([2H])c3c(-c3cc4ccccc4c4ccccc34)c2c1[2H]. The lowest BCUT2D eigenvalue weighted by atomic mass is 9.83. The molecule has 10 rings (SSSR count). The van der Waals surface area contributed by atoms with Gasteiger partial charge in [-0.3, -0.25) is 0 Å². The molecule has 1 nitrogen and oxygen atoms in total. The summed E-state index contributed by atoms with van der Waals surface area (Å²) in [4.78, 5) is 0. The smallest absolute Gasteiger partial charge is 0.136 e. The number of rotatable bonds is 2. The lowest BCUT2D eigenvalue weighted by Gasteiger charge is -2.20. The van der Waals surface area contributed by atoms with E-state index in [1.807, 2.05) is 103 Å². The zero-order valence-electron chi connectivity index (χ0n) is 31.8. The lowest BCUT2D eigenvalue weighted by molar-refractivity contribution is 0.669. The minimum absolute atomic E-state index is 0.170. The van der Waals surface area contributed by atoms with Crippen LogP contribution in [0.25, 0.3) is 98.1 Å². The zero-order chi connectivity index (χ0) is 36.4. The van der Waals surface area contributed by atoms with Crippen LogP contribution in [-0.4, -0.2) is 0 Å². The Morgan fingerprint density at radius 1 is 0.378 bits per heavy atom. The highest BCUT2D eigenvalue weighted by atomic mass is 16.3. The Kier molecular flexibility index (Phi) is 3.72. The third kappa shape index (κ3) is 3.50. The molecule has 0 saturated carbocycles. The zero-order valence-corrected chi connectivity index (χ0v) is 23.8. The van der Waals surface area contributed by atoms with E-state index in [9.17, 15) is 5.48 Å². The van der Waals surface area contributed by atoms with Crippen LogP contribution >= 0.6 is 0 Å². The van der Waals surface area contributed by atoms with Crippen LogP contribution in [0.2, 0.25) is 0 Å². The Morgan fingerprint density at radius 2 is 0.933 bits per heavy atom. The molecule has 208 valence electrons. The molecular weight excluding hydrogens is 544 g/mol. The monoisotopic (exact) mass is 578 g/mol. The Morgan fingerprint density at radius 3 is 1.62 bits per heavy atom. The van der Waals surface area contributed by atoms with E-state index in [0.717, 1.165) is 37.7 Å². The summed E-state index contributed by atoms with van der Waals surface area (Å²) in [5, 5.41) is 7.71. The van der Waals surface area contributed by atoms with E-state index in [0.29, 0.717) is 38.8 Å². The summed E-state index contributed by atoms with van der Waals surface area (Å²) in [7, 11) is 0. The van der Waals surface area contributed by atoms with E-state index in [1.54, 1.807) is 6.07 Å². The molecule has 0 aliphatic rings. The molecule has 9 aromatic carbocycles. The normalized spacial score (nSPS) is 14.5. The number of fused-ring (bicyclic) bond motifs is 9. The summed E-state index contributed by atoms with van der Waals surface area (Å²) in [6.45, 7) is 0. The quantitative estimate of drug-likeness (QED) is 0.147. The average Bonchev–Trinajstić information content (AvgIpc) is 3.55. The van der Waals surface area contributed by atoms with Gasteiger partial charge in [0.25, 0.3) is 0 Å². The second-order valence-corrected chi connectivity index (χ2v) is 11.4. The second kappa shape index (κ2) is 9.29. The first-order chi connectivity index (χ1) is 25.7. The van der Waals surface area contributed by atoms with Crippen LogP contribution in [0, 0.1) is 0 Å². The van der Waals surface area contributed by atoms with Crippen LogP contribution in [0.4, 0.5) is 0 Å². The van der Waals surface area contributed by atoms with Crippen LogP contribution in [0.5, 0.6) is 0 Å². The second-order valence-electron chi connectivity index (χ2n) is 11.4. The Balaban J connectivity index is 1.52. The Hall–Kier alpha value is -5.92. The van der Waals surface area contributed by atoms with Crippen LogP contribution in [0.3, 0.4) is 0 Å². The fourth-order valence-corrected chi connectivity index (χ4v) is 7.14. The number of hydrogen-bond donors (Lipinski definition) is 0. The van der Waals surface area contributed by atoms with Crippen molar-refractivity contribution in [1.82, 2.24) is 0 Å². The maximum Gasteiger partial charge on any atom is 0.136 e. The van der Waals surface area contributed by atoms with Gasteiger partial charge in [0, 0.05) is 10.8 Å². The molecular formula is C44H26O. The van der Waals surface area contributed by atoms with Gasteiger partial charge in [-0.05, 0) is 100 Å². The van der Waals surface area contributed by atoms with Crippen molar-refractivity contribution in [1.29, 1.82) is 0 Å². The number of hydrogen-bond acceptors (Lipinski definition) is 1. The summed E-state index contributed by atoms with van der Waals surface area (Å²) >= 11 is 0. The highest BCUT2D eigenvalue weighted by Crippen LogP contribution is 2.48. The summed E-state index contributed by atoms with van der Waals surface area (Å²) in [6.07, 6.45) is 0. The first-order valence-electron chi connectivity index (χ1n) is 18.9. The molecule has 0 spiro atoms. The van der Waals surface area contributed by atoms with E-state index < -0.39 is 24.2 Å². The predicted molar refractivity (Wildman–Crippen MR) is 192 cm³/mol. The van der Waals surface area contributed by atoms with Crippen molar-refractivity contribution in [2.45, 2.75) is 0 Å². The molecule has 1 heterocycles. The van der Waals surface area contributed by atoms with E-state index in [2.05, 4.69) is 0 Å². The van der Waals surface area contributed by atoms with E-state index >= 15 is 0 Å². The number of furan rings is 1. The largest absolute Gasteiger partial charge is 0.456 e. The van der Waals surface area contributed by atoms with Crippen LogP contribution in [0.15, 0.2) is 162 Å². The lowest BCUT2D eigenvalue weighted by Crippen LogP contribution is -1.92. The molecule has 0 fully saturated rings. The van der Waals surface area contributed by atoms with E-state index in [-0.39, 0.29) is 45.7 Å². The third-order valence-electron chi connectivity index (χ3n) is 9.05. The van der Waals surface area contributed by atoms with Gasteiger partial charge in [-0.1, -0.05) is 133 Å². The minimum atomic E-state index is -0.437. The van der Waals surface area contributed by atoms with Crippen molar-refractivity contribution in [2.75, 3.05) is 0 Å². The molecule has 1 heteroatoms. The summed E-state index contributed by atoms with van der Waals surface area (Å²) in [5.74, 6) is 0. The molecule has 0 atom stereocenters. The van der Waals surface area contributed by atoms with Crippen molar-refractivity contribution >= 4 is 75.8 Å². The molecule has 10 aromatic rings. The van der Waals surface area contributed by atoms with Gasteiger partial charge in [0.1, 0.15) is 11.2 Å². The molecule has 1 aromatic heterocycles. The van der Waals surface area contributed by atoms with Gasteiger partial charge < -0.3 is 4.42 Å². The van der Waals surface area contributed by atoms with Gasteiger partial charge in [-0.2, -0.15) is 0 Å². The molecule has 0 amide bonds. The number of benzene rings is 9. The Labute approximate surface area is 270 Å². The maximum absolute atomic E-state index is 9.50. The first kappa shape index (κ1) is 18.0. The Bertz CT molecular complexity index is 3190. The predicted octanol–water partition coefficient (Wildman–Crippen LogP) is 12.7. The van der Waals surface area contributed by atoms with E-state index in [4.69, 9.17) is 9.90 Å². The summed E-state index contributed by atoms with van der Waals surface area (Å²) in [5.41, 5.74) is 2.94. The standard InChI is InChI=1S/C44H26O/c1-2-13-28-26-41-39(24-27(28)12-1)44-37(22-11-23-40(44)45-41)42-33-18-7-9-20-35(33)43(36-21-10-8-19-34(36)42)38-25-29-14-3-4-15-30(29)31-16-5-6-17-32(31)38/h1-26H/i7D,8D,9D,10D,18D,19D,20D,21D. The van der Waals surface area contributed by atoms with Crippen LogP contribution in [0.1, 0.15) is 11.0 Å². The molecule has 0 saturated heterocycles. The van der Waals surface area contributed by atoms with Crippen molar-refractivity contribution in [3.63, 3.8) is 0 Å². The van der Waals surface area contributed by atoms with Gasteiger partial charge >= 0.3 is 0 Å². The van der Waals surface area contributed by atoms with Gasteiger partial charge in [0.05, 0.1) is 11.0 Å². The average molecular weight is 579 g/mol. The highest BCUT2D eigenvalue weighted by Gasteiger charge is 2.21. The fourth-order valence-electron chi connectivity index (χ4n) is 7.14. The van der Waals surface area contributed by atoms with Gasteiger partial charge in [-0.25, -0.2) is 0 Å². The molecule has 0 bridgehead atoms. The van der Waals surface area contributed by atoms with Crippen molar-refractivity contribution in [3.8, 4) is 22.3 Å². The van der Waals surface area contributed by atoms with Crippen molar-refractivity contribution in [3.05, 3.63) is 158 Å². The van der Waals surface area contributed by atoms with Crippen LogP contribution in [-0.2, 0) is 0 Å². The van der Waals surface area contributed by atoms with Gasteiger partial charge in [0.2, 0.25) is 0 Å². The third-order valence-corrected chi connectivity index (χ3v) is 9.05. The molecule has 0 aliphatic heterocycles. The fraction of sp³-hybridized carbons (Fsp3) is 0. The van der Waals surface area contributed by atoms with E-state index in [1.165, 1.54) is 0 Å². The maximum atomic E-state index is 9.50. The topological polar surface area (TPSA) is 13.1 Å². The molecule has 0 radical (unpaired) electrons. The first-order valence-corrected chi connectivity index (χ1v) is 14.9. The minimum Gasteiger partial charge on any atom is -0.456 e. The summed E-state index contributed by atoms with van der Waals surface area (Å²) < 4.78 is 80.0. The van der Waals surface area contributed by atoms with Gasteiger partial charge in [0.15, 0.2) is 0 Å². The van der Waals surface area contributed by atoms with Crippen LogP contribution < -0.4 is 0 Å². The van der Waals surface area contributed by atoms with Crippen molar-refractivity contribution in [2.24, 2.45) is 0 Å². The highest BCUT2D eigenvalue weighted by molar-refractivity contribution is 6.28.